The van der Waals surface area contributed by atoms with Crippen LogP contribution in [0.5, 0.6) is 0 Å². The molecule has 1 aliphatic rings. The maximum Gasteiger partial charge on any atom is 0.366 e. The lowest BCUT2D eigenvalue weighted by Crippen LogP contribution is -2.35. The minimum atomic E-state index is -3.64. The van der Waals surface area contributed by atoms with Crippen molar-refractivity contribution >= 4 is 19.2 Å². The van der Waals surface area contributed by atoms with E-state index in [2.05, 4.69) is 0 Å². The highest BCUT2D eigenvalue weighted by Gasteiger charge is 2.51. The molecule has 1 aromatic carbocycles. The molecule has 1 saturated heterocycles. The standard InChI is InChI=1S/C13H18ClO4P/c1-12(2)8-17-19(16,18-9-12)13(3,15)10-5-4-6-11(14)7-10/h4-7,15H,8-9H2,1-3H3/t13-/m0/s1. The zero-order chi connectivity index (χ0) is 14.3. The molecule has 4 nitrogen and oxygen atoms in total. The van der Waals surface area contributed by atoms with E-state index in [0.29, 0.717) is 10.6 Å². The van der Waals surface area contributed by atoms with Gasteiger partial charge in [-0.3, -0.25) is 4.57 Å². The van der Waals surface area contributed by atoms with E-state index in [1.54, 1.807) is 24.3 Å². The zero-order valence-electron chi connectivity index (χ0n) is 11.2. The minimum Gasteiger partial charge on any atom is -0.373 e. The Balaban J connectivity index is 2.32. The molecule has 1 N–H and O–H groups in total. The number of hydrogen-bond donors (Lipinski definition) is 1. The molecular formula is C13H18ClO4P. The first-order valence-corrected chi connectivity index (χ1v) is 7.96. The average Bonchev–Trinajstić information content (AvgIpc) is 2.33. The van der Waals surface area contributed by atoms with Crippen LogP contribution in [-0.2, 0) is 19.0 Å². The fourth-order valence-corrected chi connectivity index (χ4v) is 4.05. The summed E-state index contributed by atoms with van der Waals surface area (Å²) < 4.78 is 23.5. The van der Waals surface area contributed by atoms with Gasteiger partial charge in [0.25, 0.3) is 0 Å². The largest absolute Gasteiger partial charge is 0.373 e. The maximum atomic E-state index is 12.7. The van der Waals surface area contributed by atoms with Crippen LogP contribution in [0, 0.1) is 5.41 Å². The smallest absolute Gasteiger partial charge is 0.366 e. The highest BCUT2D eigenvalue weighted by atomic mass is 35.5. The number of hydrogen-bond acceptors (Lipinski definition) is 4. The first kappa shape index (κ1) is 15.0. The van der Waals surface area contributed by atoms with Crippen molar-refractivity contribution in [2.24, 2.45) is 5.41 Å². The second kappa shape index (κ2) is 4.87. The number of rotatable bonds is 2. The van der Waals surface area contributed by atoms with E-state index in [1.807, 2.05) is 13.8 Å². The summed E-state index contributed by atoms with van der Waals surface area (Å²) in [5.41, 5.74) is 0.209. The first-order valence-electron chi connectivity index (χ1n) is 6.04. The Hall–Kier alpha value is -0.380. The summed E-state index contributed by atoms with van der Waals surface area (Å²) in [5, 5.41) is 9.34. The third kappa shape index (κ3) is 2.88. The monoisotopic (exact) mass is 304 g/mol. The van der Waals surface area contributed by atoms with Gasteiger partial charge < -0.3 is 14.2 Å². The van der Waals surface area contributed by atoms with Gasteiger partial charge in [0.15, 0.2) is 5.34 Å². The summed E-state index contributed by atoms with van der Waals surface area (Å²) >= 11 is 5.90. The normalized spacial score (nSPS) is 24.7. The lowest BCUT2D eigenvalue weighted by atomic mass is 9.97. The van der Waals surface area contributed by atoms with Gasteiger partial charge in [-0.15, -0.1) is 0 Å². The van der Waals surface area contributed by atoms with Gasteiger partial charge in [0, 0.05) is 10.4 Å². The van der Waals surface area contributed by atoms with E-state index in [-0.39, 0.29) is 18.6 Å². The fourth-order valence-electron chi connectivity index (χ4n) is 1.79. The van der Waals surface area contributed by atoms with Gasteiger partial charge in [0.05, 0.1) is 13.2 Å². The second-order valence-electron chi connectivity index (χ2n) is 5.74. The number of halogens is 1. The molecule has 0 saturated carbocycles. The highest BCUT2D eigenvalue weighted by molar-refractivity contribution is 7.54. The molecule has 1 atom stereocenters. The molecule has 1 aliphatic heterocycles. The van der Waals surface area contributed by atoms with Gasteiger partial charge in [-0.2, -0.15) is 0 Å². The minimum absolute atomic E-state index is 0.210. The summed E-state index contributed by atoms with van der Waals surface area (Å²) in [7, 11) is -3.64. The topological polar surface area (TPSA) is 55.8 Å². The van der Waals surface area contributed by atoms with Crippen LogP contribution in [0.15, 0.2) is 24.3 Å². The lowest BCUT2D eigenvalue weighted by Gasteiger charge is -2.40. The first-order chi connectivity index (χ1) is 8.66. The molecule has 1 heterocycles. The molecule has 0 spiro atoms. The maximum absolute atomic E-state index is 12.7. The van der Waals surface area contributed by atoms with Crippen molar-refractivity contribution < 1.29 is 18.7 Å². The van der Waals surface area contributed by atoms with Crippen LogP contribution >= 0.6 is 19.2 Å². The molecule has 0 amide bonds. The molecule has 0 radical (unpaired) electrons. The third-order valence-electron chi connectivity index (χ3n) is 3.16. The highest BCUT2D eigenvalue weighted by Crippen LogP contribution is 2.66. The van der Waals surface area contributed by atoms with Crippen molar-refractivity contribution in [1.29, 1.82) is 0 Å². The van der Waals surface area contributed by atoms with Gasteiger partial charge in [-0.05, 0) is 24.6 Å². The van der Waals surface area contributed by atoms with E-state index in [4.69, 9.17) is 20.6 Å². The van der Waals surface area contributed by atoms with Gasteiger partial charge in [0.1, 0.15) is 0 Å². The predicted octanol–water partition coefficient (Wildman–Crippen LogP) is 3.77. The number of benzene rings is 1. The van der Waals surface area contributed by atoms with Gasteiger partial charge in [0.2, 0.25) is 0 Å². The van der Waals surface area contributed by atoms with Crippen LogP contribution in [-0.4, -0.2) is 18.3 Å². The SMILES string of the molecule is CC1(C)COP(=O)([C@](C)(O)c2cccc(Cl)c2)OC1. The summed E-state index contributed by atoms with van der Waals surface area (Å²) in [5.74, 6) is 0. The van der Waals surface area contributed by atoms with Crippen molar-refractivity contribution in [3.05, 3.63) is 34.9 Å². The Morgan fingerprint density at radius 1 is 1.37 bits per heavy atom. The van der Waals surface area contributed by atoms with Crippen molar-refractivity contribution in [3.63, 3.8) is 0 Å². The lowest BCUT2D eigenvalue weighted by molar-refractivity contribution is 0.000380. The Morgan fingerprint density at radius 2 is 1.95 bits per heavy atom. The van der Waals surface area contributed by atoms with Gasteiger partial charge >= 0.3 is 7.60 Å². The van der Waals surface area contributed by atoms with E-state index < -0.39 is 12.9 Å². The van der Waals surface area contributed by atoms with Crippen LogP contribution < -0.4 is 0 Å². The van der Waals surface area contributed by atoms with Crippen LogP contribution in [0.3, 0.4) is 0 Å². The van der Waals surface area contributed by atoms with Crippen LogP contribution in [0.25, 0.3) is 0 Å². The quantitative estimate of drug-likeness (QED) is 0.845. The summed E-state index contributed by atoms with van der Waals surface area (Å²) in [4.78, 5) is 0. The summed E-state index contributed by atoms with van der Waals surface area (Å²) in [6.07, 6.45) is 0. The predicted molar refractivity (Wildman–Crippen MR) is 74.3 cm³/mol. The molecule has 0 aliphatic carbocycles. The molecule has 0 unspecified atom stereocenters. The molecule has 0 bridgehead atoms. The molecule has 1 aromatic rings. The molecule has 1 fully saturated rings. The average molecular weight is 305 g/mol. The second-order valence-corrected chi connectivity index (χ2v) is 8.56. The Labute approximate surface area is 118 Å². The van der Waals surface area contributed by atoms with Crippen LogP contribution in [0.2, 0.25) is 5.02 Å². The fraction of sp³-hybridized carbons (Fsp3) is 0.538. The van der Waals surface area contributed by atoms with Crippen LogP contribution in [0.1, 0.15) is 26.3 Å². The molecule has 2 rings (SSSR count). The Morgan fingerprint density at radius 3 is 2.47 bits per heavy atom. The summed E-state index contributed by atoms with van der Waals surface area (Å²) in [6, 6.07) is 6.58. The molecular weight excluding hydrogens is 287 g/mol. The Bertz CT molecular complexity index is 513. The van der Waals surface area contributed by atoms with Crippen molar-refractivity contribution in [1.82, 2.24) is 0 Å². The van der Waals surface area contributed by atoms with E-state index in [1.165, 1.54) is 6.92 Å². The van der Waals surface area contributed by atoms with Gasteiger partial charge in [-0.1, -0.05) is 37.6 Å². The van der Waals surface area contributed by atoms with Crippen molar-refractivity contribution in [3.8, 4) is 0 Å². The van der Waals surface area contributed by atoms with Gasteiger partial charge in [-0.25, -0.2) is 0 Å². The van der Waals surface area contributed by atoms with Crippen molar-refractivity contribution in [2.45, 2.75) is 26.1 Å². The van der Waals surface area contributed by atoms with E-state index in [0.717, 1.165) is 0 Å². The van der Waals surface area contributed by atoms with E-state index >= 15 is 0 Å². The number of aliphatic hydroxyl groups is 1. The van der Waals surface area contributed by atoms with Crippen LogP contribution in [0.4, 0.5) is 0 Å². The third-order valence-corrected chi connectivity index (χ3v) is 5.65. The van der Waals surface area contributed by atoms with Crippen molar-refractivity contribution in [2.75, 3.05) is 13.2 Å². The summed E-state index contributed by atoms with van der Waals surface area (Å²) in [6.45, 7) is 5.88. The molecule has 19 heavy (non-hydrogen) atoms. The van der Waals surface area contributed by atoms with E-state index in [9.17, 15) is 9.67 Å². The Kier molecular flexibility index (Phi) is 3.85. The molecule has 106 valence electrons. The molecule has 0 aromatic heterocycles. The molecule has 6 heteroatoms. The zero-order valence-corrected chi connectivity index (χ0v) is 12.9.